The molecule has 2 N–H and O–H groups in total. The highest BCUT2D eigenvalue weighted by molar-refractivity contribution is 7.99. The third-order valence-electron chi connectivity index (χ3n) is 4.46. The van der Waals surface area contributed by atoms with Crippen LogP contribution in [0, 0.1) is 0 Å². The molecule has 3 rings (SSSR count). The molecule has 1 amide bonds. The Labute approximate surface area is 153 Å². The summed E-state index contributed by atoms with van der Waals surface area (Å²) in [5, 5.41) is 13.4. The van der Waals surface area contributed by atoms with E-state index in [-0.39, 0.29) is 6.04 Å². The normalized spacial score (nSPS) is 19.3. The fraction of sp³-hybridized carbons (Fsp3) is 0.316. The van der Waals surface area contributed by atoms with Crippen molar-refractivity contribution in [2.75, 3.05) is 5.75 Å². The number of nitrogens with one attached hydrogen (secondary N) is 1. The van der Waals surface area contributed by atoms with Crippen molar-refractivity contribution in [3.8, 4) is 0 Å². The van der Waals surface area contributed by atoms with Crippen LogP contribution in [0.15, 0.2) is 53.4 Å². The van der Waals surface area contributed by atoms with Crippen LogP contribution >= 0.6 is 11.8 Å². The fourth-order valence-corrected chi connectivity index (χ4v) is 4.19. The van der Waals surface area contributed by atoms with Gasteiger partial charge in [0.25, 0.3) is 5.91 Å². The molecule has 0 spiro atoms. The minimum absolute atomic E-state index is 0.343. The van der Waals surface area contributed by atoms with Gasteiger partial charge in [-0.15, -0.1) is 11.8 Å². The van der Waals surface area contributed by atoms with Crippen LogP contribution in [0.1, 0.15) is 36.1 Å². The van der Waals surface area contributed by atoms with Gasteiger partial charge in [0.1, 0.15) is 0 Å². The number of aliphatic hydroxyl groups is 1. The molecule has 0 fully saturated rings. The van der Waals surface area contributed by atoms with Gasteiger partial charge in [0, 0.05) is 16.2 Å². The maximum Gasteiger partial charge on any atom is 0.416 e. The number of carbonyl (C=O) groups excluding carboxylic acids is 1. The standard InChI is InChI=1S/C19H18F3NO2S/c1-18(25,13-7-3-4-8-14(13)19(20,21)22)17(24)23-15-10-11-26-16-9-5-2-6-12(15)16/h2-9,15,25H,10-11H2,1H3,(H,23,24)/t15-,18-/m0/s1. The van der Waals surface area contributed by atoms with Crippen LogP contribution in [0.2, 0.25) is 0 Å². The van der Waals surface area contributed by atoms with Crippen LogP contribution in [0.5, 0.6) is 0 Å². The largest absolute Gasteiger partial charge is 0.416 e. The summed E-state index contributed by atoms with van der Waals surface area (Å²) in [6.45, 7) is 1.09. The number of thioether (sulfide) groups is 1. The lowest BCUT2D eigenvalue weighted by atomic mass is 9.89. The topological polar surface area (TPSA) is 49.3 Å². The lowest BCUT2D eigenvalue weighted by molar-refractivity contribution is -0.146. The van der Waals surface area contributed by atoms with Crippen molar-refractivity contribution in [2.45, 2.75) is 36.1 Å². The molecule has 0 aliphatic carbocycles. The molecule has 0 unspecified atom stereocenters. The zero-order valence-corrected chi connectivity index (χ0v) is 14.8. The Kier molecular flexibility index (Phi) is 5.03. The molecule has 138 valence electrons. The van der Waals surface area contributed by atoms with Gasteiger partial charge < -0.3 is 10.4 Å². The van der Waals surface area contributed by atoms with Gasteiger partial charge in [-0.1, -0.05) is 36.4 Å². The van der Waals surface area contributed by atoms with Gasteiger partial charge in [0.2, 0.25) is 0 Å². The van der Waals surface area contributed by atoms with Crippen molar-refractivity contribution in [3.05, 3.63) is 65.2 Å². The third-order valence-corrected chi connectivity index (χ3v) is 5.59. The van der Waals surface area contributed by atoms with Gasteiger partial charge in [-0.25, -0.2) is 0 Å². The second kappa shape index (κ2) is 6.96. The third kappa shape index (κ3) is 3.59. The average Bonchev–Trinajstić information content (AvgIpc) is 2.61. The molecule has 2 aromatic carbocycles. The number of fused-ring (bicyclic) bond motifs is 1. The molecular formula is C19H18F3NO2S. The summed E-state index contributed by atoms with van der Waals surface area (Å²) in [7, 11) is 0. The maximum absolute atomic E-state index is 13.3. The van der Waals surface area contributed by atoms with Gasteiger partial charge in [-0.3, -0.25) is 4.79 Å². The molecule has 0 saturated heterocycles. The predicted octanol–water partition coefficient (Wildman–Crippen LogP) is 4.27. The van der Waals surface area contributed by atoms with Crippen molar-refractivity contribution in [2.24, 2.45) is 0 Å². The molecule has 1 aliphatic heterocycles. The Morgan fingerprint density at radius 1 is 1.12 bits per heavy atom. The predicted molar refractivity (Wildman–Crippen MR) is 93.7 cm³/mol. The van der Waals surface area contributed by atoms with Crippen molar-refractivity contribution in [1.29, 1.82) is 0 Å². The molecule has 1 heterocycles. The van der Waals surface area contributed by atoms with E-state index in [4.69, 9.17) is 0 Å². The fourth-order valence-electron chi connectivity index (χ4n) is 3.07. The van der Waals surface area contributed by atoms with E-state index in [1.54, 1.807) is 11.8 Å². The van der Waals surface area contributed by atoms with Crippen molar-refractivity contribution >= 4 is 17.7 Å². The van der Waals surface area contributed by atoms with E-state index in [1.165, 1.54) is 12.1 Å². The molecule has 0 aromatic heterocycles. The number of amides is 1. The second-order valence-electron chi connectivity index (χ2n) is 6.32. The van der Waals surface area contributed by atoms with Gasteiger partial charge in [0.15, 0.2) is 5.60 Å². The first-order chi connectivity index (χ1) is 12.2. The monoisotopic (exact) mass is 381 g/mol. The lowest BCUT2D eigenvalue weighted by Gasteiger charge is -2.31. The molecular weight excluding hydrogens is 363 g/mol. The Hall–Kier alpha value is -1.99. The van der Waals surface area contributed by atoms with Crippen LogP contribution < -0.4 is 5.32 Å². The molecule has 0 radical (unpaired) electrons. The molecule has 2 aromatic rings. The van der Waals surface area contributed by atoms with Gasteiger partial charge in [-0.05, 0) is 31.0 Å². The lowest BCUT2D eigenvalue weighted by Crippen LogP contribution is -2.45. The molecule has 2 atom stereocenters. The van der Waals surface area contributed by atoms with Crippen LogP contribution in [0.25, 0.3) is 0 Å². The van der Waals surface area contributed by atoms with Crippen molar-refractivity contribution in [1.82, 2.24) is 5.32 Å². The summed E-state index contributed by atoms with van der Waals surface area (Å²) in [6, 6.07) is 11.8. The van der Waals surface area contributed by atoms with Gasteiger partial charge >= 0.3 is 6.18 Å². The first kappa shape index (κ1) is 18.8. The number of halogens is 3. The minimum atomic E-state index is -4.66. The number of hydrogen-bond acceptors (Lipinski definition) is 3. The van der Waals surface area contributed by atoms with Crippen molar-refractivity contribution in [3.63, 3.8) is 0 Å². The SMILES string of the molecule is C[C@@](O)(C(=O)N[C@H]1CCSc2ccccc21)c1ccccc1C(F)(F)F. The second-order valence-corrected chi connectivity index (χ2v) is 7.45. The van der Waals surface area contributed by atoms with E-state index < -0.39 is 28.8 Å². The molecule has 1 aliphatic rings. The Balaban J connectivity index is 1.89. The number of alkyl halides is 3. The van der Waals surface area contributed by atoms with Crippen LogP contribution in [0.4, 0.5) is 13.2 Å². The summed E-state index contributed by atoms with van der Waals surface area (Å²) in [4.78, 5) is 13.7. The summed E-state index contributed by atoms with van der Waals surface area (Å²) in [5.74, 6) is -0.0654. The van der Waals surface area contributed by atoms with Crippen LogP contribution in [-0.4, -0.2) is 16.8 Å². The van der Waals surface area contributed by atoms with Crippen LogP contribution in [-0.2, 0) is 16.6 Å². The highest BCUT2D eigenvalue weighted by Crippen LogP contribution is 2.39. The van der Waals surface area contributed by atoms with Crippen LogP contribution in [0.3, 0.4) is 0 Å². The summed E-state index contributed by atoms with van der Waals surface area (Å²) >= 11 is 1.67. The summed E-state index contributed by atoms with van der Waals surface area (Å²) in [6.07, 6.45) is -4.01. The first-order valence-electron chi connectivity index (χ1n) is 8.13. The molecule has 26 heavy (non-hydrogen) atoms. The van der Waals surface area contributed by atoms with Gasteiger partial charge in [-0.2, -0.15) is 13.2 Å². The number of carbonyl (C=O) groups is 1. The molecule has 0 bridgehead atoms. The van der Waals surface area contributed by atoms with E-state index in [2.05, 4.69) is 5.32 Å². The summed E-state index contributed by atoms with van der Waals surface area (Å²) < 4.78 is 39.8. The summed E-state index contributed by atoms with van der Waals surface area (Å²) in [5.41, 5.74) is -2.86. The zero-order chi connectivity index (χ0) is 18.9. The molecule has 7 heteroatoms. The number of hydrogen-bond donors (Lipinski definition) is 2. The van der Waals surface area contributed by atoms with E-state index in [1.807, 2.05) is 24.3 Å². The van der Waals surface area contributed by atoms with E-state index >= 15 is 0 Å². The average molecular weight is 381 g/mol. The Morgan fingerprint density at radius 3 is 2.42 bits per heavy atom. The maximum atomic E-state index is 13.3. The first-order valence-corrected chi connectivity index (χ1v) is 9.11. The molecule has 0 saturated carbocycles. The van der Waals surface area contributed by atoms with E-state index in [0.717, 1.165) is 35.3 Å². The zero-order valence-electron chi connectivity index (χ0n) is 14.0. The Bertz CT molecular complexity index is 820. The quantitative estimate of drug-likeness (QED) is 0.835. The van der Waals surface area contributed by atoms with Crippen molar-refractivity contribution < 1.29 is 23.1 Å². The minimum Gasteiger partial charge on any atom is -0.376 e. The van der Waals surface area contributed by atoms with E-state index in [0.29, 0.717) is 6.42 Å². The van der Waals surface area contributed by atoms with Gasteiger partial charge in [0.05, 0.1) is 11.6 Å². The number of rotatable bonds is 3. The smallest absolute Gasteiger partial charge is 0.376 e. The Morgan fingerprint density at radius 2 is 1.73 bits per heavy atom. The number of benzene rings is 2. The van der Waals surface area contributed by atoms with E-state index in [9.17, 15) is 23.1 Å². The molecule has 3 nitrogen and oxygen atoms in total. The highest BCUT2D eigenvalue weighted by atomic mass is 32.2. The highest BCUT2D eigenvalue weighted by Gasteiger charge is 2.42.